The van der Waals surface area contributed by atoms with Gasteiger partial charge in [0.05, 0.1) is 10.6 Å². The molecule has 0 atom stereocenters. The number of pyridine rings is 1. The van der Waals surface area contributed by atoms with Gasteiger partial charge in [0, 0.05) is 26.4 Å². The van der Waals surface area contributed by atoms with E-state index in [4.69, 9.17) is 16.3 Å². The number of anilines is 1. The molecule has 114 valence electrons. The minimum absolute atomic E-state index is 0.0241. The summed E-state index contributed by atoms with van der Waals surface area (Å²) in [5.74, 6) is 0.463. The fraction of sp³-hybridized carbons (Fsp3) is 0.583. The Morgan fingerprint density at radius 1 is 1.45 bits per heavy atom. The van der Waals surface area contributed by atoms with Crippen molar-refractivity contribution >= 4 is 27.4 Å². The lowest BCUT2D eigenvalue weighted by atomic mass is 10.1. The summed E-state index contributed by atoms with van der Waals surface area (Å²) in [5.41, 5.74) is -0.589. The van der Waals surface area contributed by atoms with Gasteiger partial charge in [0.15, 0.2) is 0 Å². The van der Waals surface area contributed by atoms with Crippen molar-refractivity contribution in [1.29, 1.82) is 0 Å². The molecule has 0 saturated heterocycles. The molecule has 0 aliphatic heterocycles. The molecule has 0 aromatic carbocycles. The first-order chi connectivity index (χ1) is 9.22. The van der Waals surface area contributed by atoms with Crippen molar-refractivity contribution in [1.82, 2.24) is 9.71 Å². The van der Waals surface area contributed by atoms with Crippen LogP contribution in [-0.4, -0.2) is 39.2 Å². The van der Waals surface area contributed by atoms with Gasteiger partial charge in [0.1, 0.15) is 10.7 Å². The molecule has 0 bridgehead atoms. The highest BCUT2D eigenvalue weighted by atomic mass is 35.5. The van der Waals surface area contributed by atoms with Crippen molar-refractivity contribution in [2.24, 2.45) is 0 Å². The number of methoxy groups -OCH3 is 1. The first kappa shape index (κ1) is 17.2. The van der Waals surface area contributed by atoms with Crippen LogP contribution >= 0.6 is 11.6 Å². The number of ether oxygens (including phenoxy) is 1. The predicted octanol–water partition coefficient (Wildman–Crippen LogP) is 1.87. The zero-order chi connectivity index (χ0) is 15.4. The van der Waals surface area contributed by atoms with E-state index in [1.54, 1.807) is 13.8 Å². The van der Waals surface area contributed by atoms with Crippen LogP contribution in [0.3, 0.4) is 0 Å². The number of hydrogen-bond donors (Lipinski definition) is 2. The summed E-state index contributed by atoms with van der Waals surface area (Å²) in [6.07, 6.45) is 1.27. The number of hydrogen-bond acceptors (Lipinski definition) is 5. The van der Waals surface area contributed by atoms with Gasteiger partial charge in [0.2, 0.25) is 10.0 Å². The molecule has 1 heterocycles. The van der Waals surface area contributed by atoms with Gasteiger partial charge in [-0.15, -0.1) is 0 Å². The molecule has 0 aliphatic carbocycles. The van der Waals surface area contributed by atoms with Gasteiger partial charge >= 0.3 is 0 Å². The van der Waals surface area contributed by atoms with Crippen LogP contribution in [0.4, 0.5) is 5.82 Å². The Morgan fingerprint density at radius 2 is 2.10 bits per heavy atom. The highest BCUT2D eigenvalue weighted by molar-refractivity contribution is 7.89. The van der Waals surface area contributed by atoms with E-state index in [2.05, 4.69) is 15.0 Å². The Kier molecular flexibility index (Phi) is 5.76. The predicted molar refractivity (Wildman–Crippen MR) is 79.7 cm³/mol. The highest BCUT2D eigenvalue weighted by Gasteiger charge is 2.22. The summed E-state index contributed by atoms with van der Waals surface area (Å²) >= 11 is 5.99. The van der Waals surface area contributed by atoms with Crippen LogP contribution in [0.2, 0.25) is 5.02 Å². The lowest BCUT2D eigenvalue weighted by Gasteiger charge is -2.23. The zero-order valence-corrected chi connectivity index (χ0v) is 13.6. The Bertz CT molecular complexity index is 561. The highest BCUT2D eigenvalue weighted by Crippen LogP contribution is 2.22. The SMILES string of the molecule is CCNc1ncc(S(=O)(=O)NCC(C)(C)OC)cc1Cl. The molecule has 1 rings (SSSR count). The summed E-state index contributed by atoms with van der Waals surface area (Å²) in [6.45, 7) is 6.28. The van der Waals surface area contributed by atoms with E-state index in [-0.39, 0.29) is 16.5 Å². The molecule has 1 aromatic rings. The average molecular weight is 322 g/mol. The number of nitrogens with one attached hydrogen (secondary N) is 2. The van der Waals surface area contributed by atoms with Crippen LogP contribution < -0.4 is 10.0 Å². The van der Waals surface area contributed by atoms with Gasteiger partial charge in [-0.3, -0.25) is 0 Å². The van der Waals surface area contributed by atoms with Gasteiger partial charge in [-0.05, 0) is 26.8 Å². The molecule has 2 N–H and O–H groups in total. The molecule has 0 unspecified atom stereocenters. The van der Waals surface area contributed by atoms with Gasteiger partial charge in [-0.2, -0.15) is 0 Å². The van der Waals surface area contributed by atoms with Crippen molar-refractivity contribution < 1.29 is 13.2 Å². The van der Waals surface area contributed by atoms with Crippen LogP contribution in [0.25, 0.3) is 0 Å². The minimum Gasteiger partial charge on any atom is -0.377 e. The third-order valence-electron chi connectivity index (χ3n) is 2.71. The lowest BCUT2D eigenvalue weighted by Crippen LogP contribution is -2.39. The molecular weight excluding hydrogens is 302 g/mol. The summed E-state index contributed by atoms with van der Waals surface area (Å²) in [7, 11) is -2.14. The molecule has 0 spiro atoms. The Balaban J connectivity index is 2.91. The lowest BCUT2D eigenvalue weighted by molar-refractivity contribution is 0.0276. The van der Waals surface area contributed by atoms with E-state index in [0.29, 0.717) is 12.4 Å². The monoisotopic (exact) mass is 321 g/mol. The van der Waals surface area contributed by atoms with Crippen molar-refractivity contribution in [3.8, 4) is 0 Å². The van der Waals surface area contributed by atoms with Crippen LogP contribution in [-0.2, 0) is 14.8 Å². The molecule has 8 heteroatoms. The molecule has 0 radical (unpaired) electrons. The van der Waals surface area contributed by atoms with Gasteiger partial charge in [-0.1, -0.05) is 11.6 Å². The summed E-state index contributed by atoms with van der Waals surface area (Å²) in [4.78, 5) is 4.03. The Hall–Kier alpha value is -0.890. The maximum Gasteiger partial charge on any atom is 0.242 e. The maximum absolute atomic E-state index is 12.1. The van der Waals surface area contributed by atoms with E-state index < -0.39 is 15.6 Å². The van der Waals surface area contributed by atoms with Crippen molar-refractivity contribution in [2.75, 3.05) is 25.5 Å². The first-order valence-corrected chi connectivity index (χ1v) is 8.02. The standard InChI is InChI=1S/C12H20ClN3O3S/c1-5-14-11-10(13)6-9(7-15-11)20(17,18)16-8-12(2,3)19-4/h6-7,16H,5,8H2,1-4H3,(H,14,15). The number of rotatable bonds is 7. The quantitative estimate of drug-likeness (QED) is 0.801. The second-order valence-electron chi connectivity index (χ2n) is 4.82. The van der Waals surface area contributed by atoms with Gasteiger partial charge in [0.25, 0.3) is 0 Å². The van der Waals surface area contributed by atoms with Gasteiger partial charge < -0.3 is 10.1 Å². The summed E-state index contributed by atoms with van der Waals surface area (Å²) in [5, 5.41) is 3.21. The second kappa shape index (κ2) is 6.71. The third kappa shape index (κ3) is 4.59. The van der Waals surface area contributed by atoms with Gasteiger partial charge in [-0.25, -0.2) is 18.1 Å². The normalized spacial score (nSPS) is 12.4. The average Bonchev–Trinajstić information content (AvgIpc) is 2.39. The van der Waals surface area contributed by atoms with Crippen LogP contribution in [0, 0.1) is 0 Å². The first-order valence-electron chi connectivity index (χ1n) is 6.16. The molecule has 6 nitrogen and oxygen atoms in total. The van der Waals surface area contributed by atoms with Crippen molar-refractivity contribution in [3.05, 3.63) is 17.3 Å². The maximum atomic E-state index is 12.1. The molecular formula is C12H20ClN3O3S. The smallest absolute Gasteiger partial charge is 0.242 e. The minimum atomic E-state index is -3.66. The molecule has 1 aromatic heterocycles. The molecule has 0 aliphatic rings. The van der Waals surface area contributed by atoms with Crippen LogP contribution in [0.1, 0.15) is 20.8 Å². The van der Waals surface area contributed by atoms with E-state index in [1.165, 1.54) is 19.4 Å². The Labute approximate surface area is 124 Å². The fourth-order valence-electron chi connectivity index (χ4n) is 1.29. The molecule has 20 heavy (non-hydrogen) atoms. The van der Waals surface area contributed by atoms with E-state index in [9.17, 15) is 8.42 Å². The zero-order valence-electron chi connectivity index (χ0n) is 12.0. The van der Waals surface area contributed by atoms with E-state index in [1.807, 2.05) is 6.92 Å². The molecule has 0 fully saturated rings. The van der Waals surface area contributed by atoms with Crippen molar-refractivity contribution in [3.63, 3.8) is 0 Å². The number of aromatic nitrogens is 1. The van der Waals surface area contributed by atoms with Crippen LogP contribution in [0.15, 0.2) is 17.2 Å². The third-order valence-corrected chi connectivity index (χ3v) is 4.37. The molecule has 0 amide bonds. The van der Waals surface area contributed by atoms with Crippen molar-refractivity contribution in [2.45, 2.75) is 31.3 Å². The van der Waals surface area contributed by atoms with Crippen LogP contribution in [0.5, 0.6) is 0 Å². The number of halogens is 1. The summed E-state index contributed by atoms with van der Waals surface area (Å²) in [6, 6.07) is 1.37. The summed E-state index contributed by atoms with van der Waals surface area (Å²) < 4.78 is 31.9. The number of nitrogens with zero attached hydrogens (tertiary/aromatic N) is 1. The van der Waals surface area contributed by atoms with E-state index in [0.717, 1.165) is 0 Å². The largest absolute Gasteiger partial charge is 0.377 e. The topological polar surface area (TPSA) is 80.3 Å². The second-order valence-corrected chi connectivity index (χ2v) is 6.99. The number of sulfonamides is 1. The fourth-order valence-corrected chi connectivity index (χ4v) is 2.76. The molecule has 0 saturated carbocycles. The van der Waals surface area contributed by atoms with E-state index >= 15 is 0 Å². The Morgan fingerprint density at radius 3 is 2.60 bits per heavy atom.